The molecule has 2 aliphatic rings. The standard InChI is InChI=1S/C31H41N5O9/c1-3-43-21-11-13-34(14-12-21)27(37)20-45-26-19-25(32-23-8-6-5-7-22(23)26)29(40)33-24(9-10-28(38)39)30(41)35-15-17-36(18-16-35)31(42)44-4-2/h5-8,19,21,24H,3-4,9-18,20H2,1-2H3,(H,33,40)(H,38,39). The Kier molecular flexibility index (Phi) is 11.9. The molecule has 244 valence electrons. The van der Waals surface area contributed by atoms with E-state index in [1.807, 2.05) is 6.92 Å². The maximum absolute atomic E-state index is 13.5. The van der Waals surface area contributed by atoms with Gasteiger partial charge in [0.2, 0.25) is 5.91 Å². The van der Waals surface area contributed by atoms with Crippen LogP contribution in [0.1, 0.15) is 50.0 Å². The second-order valence-electron chi connectivity index (χ2n) is 10.8. The van der Waals surface area contributed by atoms with Gasteiger partial charge in [-0.2, -0.15) is 0 Å². The summed E-state index contributed by atoms with van der Waals surface area (Å²) in [4.78, 5) is 72.4. The molecule has 2 fully saturated rings. The Morgan fingerprint density at radius 2 is 1.64 bits per heavy atom. The number of hydrogen-bond acceptors (Lipinski definition) is 9. The number of carbonyl (C=O) groups is 5. The molecule has 14 nitrogen and oxygen atoms in total. The van der Waals surface area contributed by atoms with E-state index in [2.05, 4.69) is 10.3 Å². The quantitative estimate of drug-likeness (QED) is 0.355. The maximum atomic E-state index is 13.5. The first kappa shape index (κ1) is 33.4. The summed E-state index contributed by atoms with van der Waals surface area (Å²) in [7, 11) is 0. The van der Waals surface area contributed by atoms with E-state index >= 15 is 0 Å². The summed E-state index contributed by atoms with van der Waals surface area (Å²) in [5.41, 5.74) is 0.405. The summed E-state index contributed by atoms with van der Waals surface area (Å²) in [5.74, 6) is -2.15. The van der Waals surface area contributed by atoms with E-state index in [0.29, 0.717) is 30.6 Å². The normalized spacial score (nSPS) is 16.3. The minimum absolute atomic E-state index is 0.0473. The van der Waals surface area contributed by atoms with Gasteiger partial charge in [-0.3, -0.25) is 19.2 Å². The summed E-state index contributed by atoms with van der Waals surface area (Å²) >= 11 is 0. The lowest BCUT2D eigenvalue weighted by Crippen LogP contribution is -2.56. The number of likely N-dealkylation sites (tertiary alicyclic amines) is 1. The number of piperazine rings is 1. The molecule has 1 atom stereocenters. The Morgan fingerprint density at radius 3 is 2.31 bits per heavy atom. The van der Waals surface area contributed by atoms with E-state index < -0.39 is 29.9 Å². The largest absolute Gasteiger partial charge is 0.483 e. The lowest BCUT2D eigenvalue weighted by molar-refractivity contribution is -0.138. The molecule has 1 aromatic heterocycles. The molecule has 1 aromatic carbocycles. The maximum Gasteiger partial charge on any atom is 0.409 e. The molecule has 3 heterocycles. The summed E-state index contributed by atoms with van der Waals surface area (Å²) in [6, 6.07) is 7.30. The number of aliphatic carboxylic acids is 1. The van der Waals surface area contributed by atoms with Crippen LogP contribution in [0.15, 0.2) is 30.3 Å². The second-order valence-corrected chi connectivity index (χ2v) is 10.8. The number of fused-ring (bicyclic) bond motifs is 1. The fraction of sp³-hybridized carbons (Fsp3) is 0.548. The minimum Gasteiger partial charge on any atom is -0.483 e. The summed E-state index contributed by atoms with van der Waals surface area (Å²) in [5, 5.41) is 12.5. The number of carbonyl (C=O) groups excluding carboxylic acids is 4. The lowest BCUT2D eigenvalue weighted by atomic mass is 10.1. The number of piperidine rings is 1. The van der Waals surface area contributed by atoms with Crippen molar-refractivity contribution >= 4 is 40.7 Å². The Bertz CT molecular complexity index is 1370. The van der Waals surface area contributed by atoms with Crippen molar-refractivity contribution in [2.45, 2.75) is 51.7 Å². The summed E-state index contributed by atoms with van der Waals surface area (Å²) in [6.45, 7) is 6.36. The molecule has 2 saturated heterocycles. The van der Waals surface area contributed by atoms with Gasteiger partial charge in [0.1, 0.15) is 17.5 Å². The Morgan fingerprint density at radius 1 is 0.956 bits per heavy atom. The molecule has 0 aliphatic carbocycles. The molecule has 1 unspecified atom stereocenters. The average molecular weight is 628 g/mol. The van der Waals surface area contributed by atoms with Gasteiger partial charge in [0, 0.05) is 63.7 Å². The van der Waals surface area contributed by atoms with E-state index in [0.717, 1.165) is 12.8 Å². The molecule has 0 radical (unpaired) electrons. The highest BCUT2D eigenvalue weighted by molar-refractivity contribution is 5.99. The van der Waals surface area contributed by atoms with Gasteiger partial charge in [-0.05, 0) is 45.2 Å². The molecular formula is C31H41N5O9. The lowest BCUT2D eigenvalue weighted by Gasteiger charge is -2.35. The second kappa shape index (κ2) is 16.0. The van der Waals surface area contributed by atoms with Crippen LogP contribution in [0.5, 0.6) is 5.75 Å². The van der Waals surface area contributed by atoms with E-state index in [-0.39, 0.29) is 75.7 Å². The third-order valence-corrected chi connectivity index (χ3v) is 7.83. The molecule has 0 bridgehead atoms. The van der Waals surface area contributed by atoms with Gasteiger partial charge in [-0.15, -0.1) is 0 Å². The molecule has 0 saturated carbocycles. The zero-order valence-corrected chi connectivity index (χ0v) is 25.7. The molecule has 2 aromatic rings. The number of carboxylic acids is 1. The average Bonchev–Trinajstić information content (AvgIpc) is 3.05. The molecule has 45 heavy (non-hydrogen) atoms. The highest BCUT2D eigenvalue weighted by Gasteiger charge is 2.31. The Labute approximate surface area is 261 Å². The van der Waals surface area contributed by atoms with Gasteiger partial charge >= 0.3 is 12.1 Å². The summed E-state index contributed by atoms with van der Waals surface area (Å²) in [6.07, 6.45) is 0.710. The molecule has 4 rings (SSSR count). The number of para-hydroxylation sites is 1. The van der Waals surface area contributed by atoms with Crippen molar-refractivity contribution in [2.75, 3.05) is 59.1 Å². The number of pyridine rings is 1. The van der Waals surface area contributed by atoms with Crippen LogP contribution in [0.3, 0.4) is 0 Å². The monoisotopic (exact) mass is 627 g/mol. The minimum atomic E-state index is -1.14. The van der Waals surface area contributed by atoms with Crippen LogP contribution < -0.4 is 10.1 Å². The number of nitrogens with zero attached hydrogens (tertiary/aromatic N) is 4. The predicted molar refractivity (Wildman–Crippen MR) is 162 cm³/mol. The van der Waals surface area contributed by atoms with Crippen LogP contribution in [0.2, 0.25) is 0 Å². The van der Waals surface area contributed by atoms with Gasteiger partial charge in [0.15, 0.2) is 6.61 Å². The molecular weight excluding hydrogens is 586 g/mol. The van der Waals surface area contributed by atoms with Crippen molar-refractivity contribution in [1.29, 1.82) is 0 Å². The van der Waals surface area contributed by atoms with Gasteiger partial charge < -0.3 is 39.3 Å². The van der Waals surface area contributed by atoms with Crippen molar-refractivity contribution in [3.8, 4) is 5.75 Å². The van der Waals surface area contributed by atoms with E-state index in [1.165, 1.54) is 15.9 Å². The van der Waals surface area contributed by atoms with Gasteiger partial charge in [-0.1, -0.05) is 12.1 Å². The first-order valence-electron chi connectivity index (χ1n) is 15.3. The number of nitrogens with one attached hydrogen (secondary N) is 1. The van der Waals surface area contributed by atoms with Crippen LogP contribution in [-0.4, -0.2) is 126 Å². The van der Waals surface area contributed by atoms with Gasteiger partial charge in [0.25, 0.3) is 11.8 Å². The van der Waals surface area contributed by atoms with Crippen molar-refractivity contribution < 1.29 is 43.3 Å². The van der Waals surface area contributed by atoms with Crippen LogP contribution in [-0.2, 0) is 23.9 Å². The van der Waals surface area contributed by atoms with Crippen LogP contribution in [0, 0.1) is 0 Å². The molecule has 0 spiro atoms. The van der Waals surface area contributed by atoms with Gasteiger partial charge in [-0.25, -0.2) is 9.78 Å². The number of hydrogen-bond donors (Lipinski definition) is 2. The Balaban J connectivity index is 1.45. The fourth-order valence-electron chi connectivity index (χ4n) is 5.42. The van der Waals surface area contributed by atoms with Crippen LogP contribution in [0.25, 0.3) is 10.9 Å². The molecule has 14 heteroatoms. The van der Waals surface area contributed by atoms with Gasteiger partial charge in [0.05, 0.1) is 18.2 Å². The van der Waals surface area contributed by atoms with E-state index in [1.54, 1.807) is 36.1 Å². The Hall–Kier alpha value is -4.46. The third-order valence-electron chi connectivity index (χ3n) is 7.83. The zero-order chi connectivity index (χ0) is 32.3. The number of carboxylic acid groups (broad SMARTS) is 1. The molecule has 2 aliphatic heterocycles. The number of ether oxygens (including phenoxy) is 3. The highest BCUT2D eigenvalue weighted by Crippen LogP contribution is 2.26. The fourth-order valence-corrected chi connectivity index (χ4v) is 5.42. The van der Waals surface area contributed by atoms with Crippen molar-refractivity contribution in [2.24, 2.45) is 0 Å². The third kappa shape index (κ3) is 9.03. The first-order valence-corrected chi connectivity index (χ1v) is 15.3. The van der Waals surface area contributed by atoms with Crippen LogP contribution in [0.4, 0.5) is 4.79 Å². The highest BCUT2D eigenvalue weighted by atomic mass is 16.6. The number of amides is 4. The molecule has 2 N–H and O–H groups in total. The first-order chi connectivity index (χ1) is 21.7. The van der Waals surface area contributed by atoms with Crippen molar-refractivity contribution in [3.05, 3.63) is 36.0 Å². The van der Waals surface area contributed by atoms with E-state index in [9.17, 15) is 29.1 Å². The van der Waals surface area contributed by atoms with Crippen molar-refractivity contribution in [1.82, 2.24) is 25.0 Å². The van der Waals surface area contributed by atoms with Crippen LogP contribution >= 0.6 is 0 Å². The topological polar surface area (TPSA) is 168 Å². The predicted octanol–water partition coefficient (Wildman–Crippen LogP) is 1.91. The zero-order valence-electron chi connectivity index (χ0n) is 25.7. The SMILES string of the molecule is CCOC(=O)N1CCN(C(=O)C(CCC(=O)O)NC(=O)c2cc(OCC(=O)N3CCC(OCC)CC3)c3ccccc3n2)CC1. The number of rotatable bonds is 12. The molecule has 4 amide bonds. The summed E-state index contributed by atoms with van der Waals surface area (Å²) < 4.78 is 16.6. The van der Waals surface area contributed by atoms with Crippen molar-refractivity contribution in [3.63, 3.8) is 0 Å². The smallest absolute Gasteiger partial charge is 0.409 e. The van der Waals surface area contributed by atoms with E-state index in [4.69, 9.17) is 14.2 Å². The number of aromatic nitrogens is 1. The number of benzene rings is 1.